The Kier molecular flexibility index (Phi) is 9.15. The van der Waals surface area contributed by atoms with Crippen molar-refractivity contribution in [2.75, 3.05) is 27.2 Å². The van der Waals surface area contributed by atoms with Crippen molar-refractivity contribution in [2.45, 2.75) is 18.7 Å². The molecule has 2 aliphatic heterocycles. The van der Waals surface area contributed by atoms with Gasteiger partial charge in [0, 0.05) is 11.1 Å². The summed E-state index contributed by atoms with van der Waals surface area (Å²) in [6.45, 7) is 6.45. The summed E-state index contributed by atoms with van der Waals surface area (Å²) in [4.78, 5) is 28.2. The van der Waals surface area contributed by atoms with Crippen LogP contribution in [0.4, 0.5) is 0 Å². The molecule has 2 aliphatic rings. The van der Waals surface area contributed by atoms with E-state index in [1.165, 1.54) is 0 Å². The van der Waals surface area contributed by atoms with Gasteiger partial charge in [0.25, 0.3) is 10.1 Å². The summed E-state index contributed by atoms with van der Waals surface area (Å²) in [6.07, 6.45) is 11.7. The molecule has 0 bridgehead atoms. The van der Waals surface area contributed by atoms with E-state index in [0.717, 1.165) is 28.1 Å². The van der Waals surface area contributed by atoms with Gasteiger partial charge in [-0.25, -0.2) is 9.98 Å². The minimum absolute atomic E-state index is 0.482. The molecule has 0 amide bonds. The van der Waals surface area contributed by atoms with E-state index in [-0.39, 0.29) is 0 Å². The average Bonchev–Trinajstić information content (AvgIpc) is 3.37. The first-order chi connectivity index (χ1) is 14.8. The number of hydrogen-bond donors (Lipinski definition) is 1. The third kappa shape index (κ3) is 7.81. The predicted octanol–water partition coefficient (Wildman–Crippen LogP) is -0.408. The Labute approximate surface area is 186 Å². The first-order valence-corrected chi connectivity index (χ1v) is 10.9. The minimum atomic E-state index is -4.61. The molecule has 0 saturated heterocycles. The first-order valence-electron chi connectivity index (χ1n) is 9.45. The van der Waals surface area contributed by atoms with Gasteiger partial charge >= 0.3 is 0 Å². The Morgan fingerprint density at radius 1 is 0.906 bits per heavy atom. The molecule has 1 aromatic carbocycles. The van der Waals surface area contributed by atoms with Crippen LogP contribution in [0.2, 0.25) is 0 Å². The molecule has 11 nitrogen and oxygen atoms in total. The zero-order chi connectivity index (χ0) is 24.6. The number of aliphatic imine (C=N–C) groups is 2. The first kappa shape index (κ1) is 26.8. The van der Waals surface area contributed by atoms with Crippen LogP contribution in [0.1, 0.15) is 34.6 Å². The van der Waals surface area contributed by atoms with Crippen molar-refractivity contribution in [3.05, 3.63) is 54.1 Å². The van der Waals surface area contributed by atoms with Gasteiger partial charge in [0.2, 0.25) is 0 Å². The number of benzene rings is 1. The van der Waals surface area contributed by atoms with Crippen LogP contribution in [0.5, 0.6) is 0 Å². The van der Waals surface area contributed by atoms with Crippen LogP contribution in [-0.2, 0) is 10.1 Å². The molecular formula is C20H26N4O7S. The van der Waals surface area contributed by atoms with E-state index in [0.29, 0.717) is 12.1 Å². The van der Waals surface area contributed by atoms with Gasteiger partial charge < -0.3 is 19.8 Å². The van der Waals surface area contributed by atoms with Crippen molar-refractivity contribution >= 4 is 34.7 Å². The maximum absolute atomic E-state index is 10.7. The highest BCUT2D eigenvalue weighted by molar-refractivity contribution is 7.85. The number of rotatable bonds is 5. The number of carboxylic acids is 2. The fourth-order valence-electron chi connectivity index (χ4n) is 2.24. The number of carbonyl (C=O) groups excluding carboxylic acids is 2. The molecule has 3 rings (SSSR count). The number of nitrogens with zero attached hydrogens (tertiary/aromatic N) is 4. The third-order valence-corrected chi connectivity index (χ3v) is 5.59. The molecule has 1 N–H and O–H groups in total. The molecule has 0 spiro atoms. The van der Waals surface area contributed by atoms with Gasteiger partial charge in [-0.05, 0) is 26.0 Å². The number of aromatic carboxylic acids is 2. The van der Waals surface area contributed by atoms with Crippen LogP contribution >= 0.6 is 0 Å². The summed E-state index contributed by atoms with van der Waals surface area (Å²) in [5.74, 6) is -3.68. The van der Waals surface area contributed by atoms with E-state index in [2.05, 4.69) is 50.3 Å². The highest BCUT2D eigenvalue weighted by atomic mass is 32.2. The zero-order valence-electron chi connectivity index (χ0n) is 18.2. The summed E-state index contributed by atoms with van der Waals surface area (Å²) in [5, 5.41) is 21.0. The Hall–Kier alpha value is -3.19. The molecule has 2 unspecified atom stereocenters. The standard InChI is InChI=1S/C8H6O7S.2C6H11N2/c9-7(10)5-2-1-4(16(13,14)15)3-6(5)8(11)12;2*1-3-8(2)5-4-7-6-8/h1-3H,(H,9,10)(H,11,12)(H,13,14,15);2*4-6H,3H2,1-2H3/q;2*+1/p-2. The van der Waals surface area contributed by atoms with E-state index in [9.17, 15) is 28.2 Å². The average molecular weight is 467 g/mol. The second kappa shape index (κ2) is 10.9. The van der Waals surface area contributed by atoms with Gasteiger partial charge in [-0.1, -0.05) is 6.07 Å². The van der Waals surface area contributed by atoms with Gasteiger partial charge in [0.15, 0.2) is 12.7 Å². The van der Waals surface area contributed by atoms with Crippen molar-refractivity contribution in [1.82, 2.24) is 0 Å². The lowest BCUT2D eigenvalue weighted by molar-refractivity contribution is -0.754. The van der Waals surface area contributed by atoms with E-state index >= 15 is 0 Å². The molecule has 0 fully saturated rings. The molecule has 32 heavy (non-hydrogen) atoms. The largest absolute Gasteiger partial charge is 0.545 e. The smallest absolute Gasteiger partial charge is 0.294 e. The van der Waals surface area contributed by atoms with Crippen molar-refractivity contribution in [1.29, 1.82) is 0 Å². The summed E-state index contributed by atoms with van der Waals surface area (Å²) < 4.78 is 31.7. The van der Waals surface area contributed by atoms with E-state index < -0.39 is 38.1 Å². The highest BCUT2D eigenvalue weighted by Gasteiger charge is 2.16. The molecule has 2 heterocycles. The molecule has 0 radical (unpaired) electrons. The number of quaternary nitrogens is 2. The van der Waals surface area contributed by atoms with E-state index in [1.54, 1.807) is 0 Å². The summed E-state index contributed by atoms with van der Waals surface area (Å²) in [7, 11) is -0.370. The minimum Gasteiger partial charge on any atom is -0.545 e. The van der Waals surface area contributed by atoms with Crippen LogP contribution in [0, 0.1) is 0 Å². The van der Waals surface area contributed by atoms with Gasteiger partial charge in [-0.2, -0.15) is 8.42 Å². The van der Waals surface area contributed by atoms with E-state index in [4.69, 9.17) is 4.55 Å². The summed E-state index contributed by atoms with van der Waals surface area (Å²) in [6, 6.07) is 1.92. The number of carboxylic acid groups (broad SMARTS) is 2. The molecular weight excluding hydrogens is 440 g/mol. The Morgan fingerprint density at radius 3 is 1.59 bits per heavy atom. The second-order valence-corrected chi connectivity index (χ2v) is 8.63. The predicted molar refractivity (Wildman–Crippen MR) is 114 cm³/mol. The molecule has 12 heteroatoms. The van der Waals surface area contributed by atoms with Crippen molar-refractivity contribution in [2.24, 2.45) is 9.98 Å². The quantitative estimate of drug-likeness (QED) is 0.456. The maximum Gasteiger partial charge on any atom is 0.294 e. The van der Waals surface area contributed by atoms with Crippen molar-refractivity contribution < 1.29 is 41.7 Å². The van der Waals surface area contributed by atoms with Gasteiger partial charge in [0.1, 0.15) is 12.4 Å². The highest BCUT2D eigenvalue weighted by Crippen LogP contribution is 2.15. The Bertz CT molecular complexity index is 1020. The van der Waals surface area contributed by atoms with Crippen molar-refractivity contribution in [3.63, 3.8) is 0 Å². The number of hydrogen-bond acceptors (Lipinski definition) is 8. The summed E-state index contributed by atoms with van der Waals surface area (Å²) >= 11 is 0. The molecule has 1 aromatic rings. The summed E-state index contributed by atoms with van der Waals surface area (Å²) in [5.41, 5.74) is -1.61. The lowest BCUT2D eigenvalue weighted by Crippen LogP contribution is -2.33. The fourth-order valence-corrected chi connectivity index (χ4v) is 2.75. The van der Waals surface area contributed by atoms with Crippen molar-refractivity contribution in [3.8, 4) is 0 Å². The lowest BCUT2D eigenvalue weighted by atomic mass is 10.1. The molecule has 2 atom stereocenters. The zero-order valence-corrected chi connectivity index (χ0v) is 19.0. The van der Waals surface area contributed by atoms with E-state index in [1.807, 2.05) is 25.1 Å². The topological polar surface area (TPSA) is 159 Å². The second-order valence-electron chi connectivity index (χ2n) is 7.21. The van der Waals surface area contributed by atoms with Gasteiger partial charge in [0.05, 0.1) is 56.4 Å². The lowest BCUT2D eigenvalue weighted by Gasteiger charge is -2.18. The SMILES string of the molecule is CC[N+]1(C)C=CN=C1.CC[N+]1(C)C=CN=C1.O=C([O-])c1ccc(S(=O)(=O)O)cc1C(=O)[O-]. The van der Waals surface area contributed by atoms with Crippen LogP contribution in [0.25, 0.3) is 0 Å². The molecule has 174 valence electrons. The monoisotopic (exact) mass is 466 g/mol. The van der Waals surface area contributed by atoms with Gasteiger partial charge in [-0.15, -0.1) is 0 Å². The van der Waals surface area contributed by atoms with Gasteiger partial charge in [-0.3, -0.25) is 13.5 Å². The number of carbonyl (C=O) groups is 2. The van der Waals surface area contributed by atoms with Crippen LogP contribution in [-0.4, -0.2) is 73.7 Å². The normalized spacial score (nSPS) is 22.7. The molecule has 0 aromatic heterocycles. The van der Waals surface area contributed by atoms with Crippen LogP contribution in [0.15, 0.2) is 57.9 Å². The Morgan fingerprint density at radius 2 is 1.34 bits per heavy atom. The fraction of sp³-hybridized carbons (Fsp3) is 0.300. The van der Waals surface area contributed by atoms with Crippen LogP contribution < -0.4 is 10.2 Å². The Balaban J connectivity index is 0.000000267. The van der Waals surface area contributed by atoms with Crippen LogP contribution in [0.3, 0.4) is 0 Å². The molecule has 0 saturated carbocycles. The molecule has 0 aliphatic carbocycles. The third-order valence-electron chi connectivity index (χ3n) is 4.74. The maximum atomic E-state index is 10.7.